The van der Waals surface area contributed by atoms with E-state index in [0.29, 0.717) is 6.61 Å². The van der Waals surface area contributed by atoms with E-state index in [1.54, 1.807) is 0 Å². The smallest absolute Gasteiger partial charge is 0.302 e. The lowest BCUT2D eigenvalue weighted by Crippen LogP contribution is -2.02. The summed E-state index contributed by atoms with van der Waals surface area (Å²) in [5.41, 5.74) is 3.69. The van der Waals surface area contributed by atoms with Crippen LogP contribution in [0, 0.1) is 0 Å². The molecule has 2 rings (SSSR count). The molecule has 2 aliphatic carbocycles. The van der Waals surface area contributed by atoms with Crippen LogP contribution >= 0.6 is 0 Å². The third-order valence-corrected chi connectivity index (χ3v) is 2.56. The molecule has 0 amide bonds. The normalized spacial score (nSPS) is 10.3. The highest BCUT2D eigenvalue weighted by Gasteiger charge is 2.07. The Morgan fingerprint density at radius 2 is 1.94 bits per heavy atom. The van der Waals surface area contributed by atoms with Gasteiger partial charge in [0.25, 0.3) is 0 Å². The quantitative estimate of drug-likeness (QED) is 0.734. The molecule has 0 saturated carbocycles. The van der Waals surface area contributed by atoms with Gasteiger partial charge in [0.05, 0.1) is 6.61 Å². The van der Waals surface area contributed by atoms with Crippen LogP contribution in [0.3, 0.4) is 0 Å². The molecule has 16 heavy (non-hydrogen) atoms. The van der Waals surface area contributed by atoms with E-state index < -0.39 is 0 Å². The molecule has 0 N–H and O–H groups in total. The molecule has 0 aromatic heterocycles. The average Bonchev–Trinajstić information content (AvgIpc) is 2.49. The highest BCUT2D eigenvalue weighted by atomic mass is 16.5. The summed E-state index contributed by atoms with van der Waals surface area (Å²) in [5, 5.41) is 0. The lowest BCUT2D eigenvalue weighted by atomic mass is 10.1. The molecule has 0 aromatic carbocycles. The summed E-state index contributed by atoms with van der Waals surface area (Å²) < 4.78 is 4.95. The highest BCUT2D eigenvalue weighted by molar-refractivity contribution is 5.70. The Morgan fingerprint density at radius 1 is 1.12 bits per heavy atom. The zero-order valence-electron chi connectivity index (χ0n) is 9.27. The van der Waals surface area contributed by atoms with Crippen LogP contribution in [0.1, 0.15) is 12.5 Å². The number of carbonyl (C=O) groups is 1. The predicted molar refractivity (Wildman–Crippen MR) is 63.4 cm³/mol. The molecule has 2 heteroatoms. The number of rotatable bonds is 3. The van der Waals surface area contributed by atoms with E-state index in [9.17, 15) is 4.79 Å². The van der Waals surface area contributed by atoms with Crippen LogP contribution in [0.4, 0.5) is 0 Å². The van der Waals surface area contributed by atoms with E-state index >= 15 is 0 Å². The molecule has 0 atom stereocenters. The Kier molecular flexibility index (Phi) is 3.20. The second-order valence-corrected chi connectivity index (χ2v) is 3.73. The van der Waals surface area contributed by atoms with Gasteiger partial charge in [0, 0.05) is 13.3 Å². The van der Waals surface area contributed by atoms with Crippen molar-refractivity contribution < 1.29 is 9.53 Å². The van der Waals surface area contributed by atoms with Crippen molar-refractivity contribution in [2.24, 2.45) is 0 Å². The standard InChI is InChI=1S/C14H14O2/c1-11(15)16-10-9-13-8-7-12-5-3-2-4-6-14(12)13/h2-8H,9-10H2,1H3. The zero-order valence-corrected chi connectivity index (χ0v) is 9.27. The molecule has 0 aromatic rings. The molecular formula is C14H14O2. The van der Waals surface area contributed by atoms with Gasteiger partial charge in [-0.15, -0.1) is 0 Å². The van der Waals surface area contributed by atoms with E-state index in [-0.39, 0.29) is 5.97 Å². The van der Waals surface area contributed by atoms with Crippen molar-refractivity contribution in [2.75, 3.05) is 6.61 Å². The van der Waals surface area contributed by atoms with Crippen LogP contribution in [-0.2, 0) is 16.0 Å². The van der Waals surface area contributed by atoms with Crippen molar-refractivity contribution in [3.05, 3.63) is 48.0 Å². The maximum absolute atomic E-state index is 10.7. The fourth-order valence-electron chi connectivity index (χ4n) is 1.80. The Labute approximate surface area is 95.2 Å². The first-order valence-electron chi connectivity index (χ1n) is 5.37. The second kappa shape index (κ2) is 4.79. The number of hydrogen-bond donors (Lipinski definition) is 0. The first-order chi connectivity index (χ1) is 7.77. The van der Waals surface area contributed by atoms with E-state index in [0.717, 1.165) is 6.42 Å². The maximum atomic E-state index is 10.7. The van der Waals surface area contributed by atoms with Gasteiger partial charge in [-0.1, -0.05) is 42.5 Å². The number of fused-ring (bicyclic) bond motifs is 1. The number of esters is 1. The maximum Gasteiger partial charge on any atom is 0.302 e. The molecule has 0 unspecified atom stereocenters. The summed E-state index contributed by atoms with van der Waals surface area (Å²) in [6, 6.07) is 14.4. The summed E-state index contributed by atoms with van der Waals surface area (Å²) >= 11 is 0. The summed E-state index contributed by atoms with van der Waals surface area (Å²) in [4.78, 5) is 10.7. The minimum absolute atomic E-state index is 0.221. The summed E-state index contributed by atoms with van der Waals surface area (Å²) in [6.45, 7) is 1.89. The van der Waals surface area contributed by atoms with Crippen molar-refractivity contribution in [1.82, 2.24) is 0 Å². The van der Waals surface area contributed by atoms with Gasteiger partial charge in [-0.2, -0.15) is 0 Å². The van der Waals surface area contributed by atoms with Crippen LogP contribution in [0.15, 0.2) is 42.5 Å². The van der Waals surface area contributed by atoms with Crippen LogP contribution < -0.4 is 0 Å². The molecule has 0 spiro atoms. The molecule has 0 heterocycles. The monoisotopic (exact) mass is 214 g/mol. The molecule has 0 saturated heterocycles. The van der Waals surface area contributed by atoms with E-state index in [1.807, 2.05) is 18.2 Å². The third kappa shape index (κ3) is 2.40. The van der Waals surface area contributed by atoms with E-state index in [4.69, 9.17) is 4.74 Å². The number of carbonyl (C=O) groups excluding carboxylic acids is 1. The van der Waals surface area contributed by atoms with Gasteiger partial charge in [0.2, 0.25) is 0 Å². The van der Waals surface area contributed by atoms with Gasteiger partial charge in [-0.25, -0.2) is 0 Å². The topological polar surface area (TPSA) is 26.3 Å². The van der Waals surface area contributed by atoms with E-state index in [1.165, 1.54) is 23.6 Å². The van der Waals surface area contributed by atoms with Gasteiger partial charge in [0.15, 0.2) is 0 Å². The first kappa shape index (κ1) is 10.7. The number of ether oxygens (including phenoxy) is 1. The SMILES string of the molecule is CC(=O)OCCc1ccc2cccccc1-2. The van der Waals surface area contributed by atoms with Crippen molar-refractivity contribution >= 4 is 5.97 Å². The third-order valence-electron chi connectivity index (χ3n) is 2.56. The fraction of sp³-hybridized carbons (Fsp3) is 0.214. The van der Waals surface area contributed by atoms with E-state index in [2.05, 4.69) is 24.3 Å². The van der Waals surface area contributed by atoms with Gasteiger partial charge >= 0.3 is 5.97 Å². The van der Waals surface area contributed by atoms with Crippen LogP contribution in [0.2, 0.25) is 0 Å². The van der Waals surface area contributed by atoms with Crippen molar-refractivity contribution in [3.63, 3.8) is 0 Å². The van der Waals surface area contributed by atoms with Crippen molar-refractivity contribution in [3.8, 4) is 11.1 Å². The average molecular weight is 214 g/mol. The van der Waals surface area contributed by atoms with Crippen LogP contribution in [0.5, 0.6) is 0 Å². The summed E-state index contributed by atoms with van der Waals surface area (Å²) in [7, 11) is 0. The first-order valence-corrected chi connectivity index (χ1v) is 5.37. The molecule has 2 nitrogen and oxygen atoms in total. The molecule has 0 radical (unpaired) electrons. The van der Waals surface area contributed by atoms with Crippen LogP contribution in [0.25, 0.3) is 11.1 Å². The molecule has 0 fully saturated rings. The molecule has 82 valence electrons. The minimum atomic E-state index is -0.221. The zero-order chi connectivity index (χ0) is 11.4. The Bertz CT molecular complexity index is 462. The van der Waals surface area contributed by atoms with Crippen molar-refractivity contribution in [1.29, 1.82) is 0 Å². The van der Waals surface area contributed by atoms with Gasteiger partial charge in [0.1, 0.15) is 0 Å². The fourth-order valence-corrected chi connectivity index (χ4v) is 1.80. The molecule has 0 aliphatic heterocycles. The van der Waals surface area contributed by atoms with Gasteiger partial charge in [-0.05, 0) is 16.7 Å². The largest absolute Gasteiger partial charge is 0.466 e. The Morgan fingerprint density at radius 3 is 2.75 bits per heavy atom. The predicted octanol–water partition coefficient (Wildman–Crippen LogP) is 2.90. The Hall–Kier alpha value is -1.83. The Balaban J connectivity index is 2.12. The molecule has 0 bridgehead atoms. The summed E-state index contributed by atoms with van der Waals surface area (Å²) in [5.74, 6) is -0.221. The molecular weight excluding hydrogens is 200 g/mol. The molecule has 2 aliphatic rings. The minimum Gasteiger partial charge on any atom is -0.466 e. The van der Waals surface area contributed by atoms with Gasteiger partial charge in [-0.3, -0.25) is 4.79 Å². The summed E-state index contributed by atoms with van der Waals surface area (Å²) in [6.07, 6.45) is 0.771. The lowest BCUT2D eigenvalue weighted by Gasteiger charge is -2.02. The van der Waals surface area contributed by atoms with Crippen LogP contribution in [-0.4, -0.2) is 12.6 Å². The van der Waals surface area contributed by atoms with Crippen molar-refractivity contribution in [2.45, 2.75) is 13.3 Å². The highest BCUT2D eigenvalue weighted by Crippen LogP contribution is 2.26. The lowest BCUT2D eigenvalue weighted by molar-refractivity contribution is -0.140. The number of hydrogen-bond acceptors (Lipinski definition) is 2. The van der Waals surface area contributed by atoms with Gasteiger partial charge < -0.3 is 4.74 Å². The second-order valence-electron chi connectivity index (χ2n) is 3.73.